The largest absolute Gasteiger partial charge is 0.342 e. The molecule has 5 nitrogen and oxygen atoms in total. The van der Waals surface area contributed by atoms with Crippen molar-refractivity contribution in [2.45, 2.75) is 13.8 Å². The summed E-state index contributed by atoms with van der Waals surface area (Å²) in [7, 11) is 1.70. The van der Waals surface area contributed by atoms with Crippen LogP contribution in [0.5, 0.6) is 0 Å². The van der Waals surface area contributed by atoms with Gasteiger partial charge in [-0.25, -0.2) is 0 Å². The smallest absolute Gasteiger partial charge is 0.242 e. The second kappa shape index (κ2) is 7.50. The Bertz CT molecular complexity index is 265. The van der Waals surface area contributed by atoms with E-state index >= 15 is 0 Å². The highest BCUT2D eigenvalue weighted by Crippen LogP contribution is 2.07. The first-order valence-corrected chi connectivity index (χ1v) is 5.83. The Labute approximate surface area is 109 Å². The summed E-state index contributed by atoms with van der Waals surface area (Å²) in [5.74, 6) is 0.155. The van der Waals surface area contributed by atoms with E-state index in [0.717, 1.165) is 13.1 Å². The predicted molar refractivity (Wildman–Crippen MR) is 69.2 cm³/mol. The van der Waals surface area contributed by atoms with Crippen LogP contribution in [0.15, 0.2) is 0 Å². The average molecular weight is 264 g/mol. The van der Waals surface area contributed by atoms with Gasteiger partial charge < -0.3 is 15.1 Å². The van der Waals surface area contributed by atoms with Crippen molar-refractivity contribution in [2.75, 3.05) is 39.8 Å². The van der Waals surface area contributed by atoms with Crippen LogP contribution < -0.4 is 5.32 Å². The van der Waals surface area contributed by atoms with Crippen LogP contribution in [0, 0.1) is 5.92 Å². The number of amides is 2. The van der Waals surface area contributed by atoms with Crippen molar-refractivity contribution in [1.82, 2.24) is 15.1 Å². The molecule has 1 rings (SSSR count). The number of hydrogen-bond acceptors (Lipinski definition) is 3. The topological polar surface area (TPSA) is 52.7 Å². The van der Waals surface area contributed by atoms with E-state index in [1.54, 1.807) is 11.9 Å². The monoisotopic (exact) mass is 263 g/mol. The van der Waals surface area contributed by atoms with E-state index in [-0.39, 0.29) is 36.7 Å². The summed E-state index contributed by atoms with van der Waals surface area (Å²) >= 11 is 0. The molecule has 0 atom stereocenters. The molecule has 0 aromatic rings. The average Bonchev–Trinajstić information content (AvgIpc) is 2.16. The third-order valence-corrected chi connectivity index (χ3v) is 3.00. The molecule has 1 aliphatic heterocycles. The third kappa shape index (κ3) is 4.16. The Balaban J connectivity index is 0.00000256. The standard InChI is InChI=1S/C11H21N3O2.ClH/c1-4-14(5-2)10(15)8-13(3)11(16)9-6-12-7-9;/h9,12H,4-8H2,1-3H3;1H. The summed E-state index contributed by atoms with van der Waals surface area (Å²) in [6, 6.07) is 0. The van der Waals surface area contributed by atoms with Gasteiger partial charge >= 0.3 is 0 Å². The molecule has 1 heterocycles. The number of nitrogens with zero attached hydrogens (tertiary/aromatic N) is 2. The zero-order valence-corrected chi connectivity index (χ0v) is 11.5. The van der Waals surface area contributed by atoms with E-state index in [1.165, 1.54) is 4.90 Å². The second-order valence-electron chi connectivity index (χ2n) is 4.12. The van der Waals surface area contributed by atoms with Gasteiger partial charge in [0.2, 0.25) is 11.8 Å². The highest BCUT2D eigenvalue weighted by atomic mass is 35.5. The molecule has 1 aliphatic rings. The maximum absolute atomic E-state index is 11.8. The van der Waals surface area contributed by atoms with Gasteiger partial charge in [0.15, 0.2) is 0 Å². The predicted octanol–water partition coefficient (Wildman–Crippen LogP) is -0.0456. The number of halogens is 1. The normalized spacial score (nSPS) is 14.5. The summed E-state index contributed by atoms with van der Waals surface area (Å²) in [6.07, 6.45) is 0. The second-order valence-corrected chi connectivity index (χ2v) is 4.12. The van der Waals surface area contributed by atoms with Gasteiger partial charge in [0.1, 0.15) is 0 Å². The zero-order valence-electron chi connectivity index (χ0n) is 10.7. The van der Waals surface area contributed by atoms with Gasteiger partial charge in [-0.3, -0.25) is 9.59 Å². The fourth-order valence-corrected chi connectivity index (χ4v) is 1.73. The van der Waals surface area contributed by atoms with Crippen molar-refractivity contribution in [3.8, 4) is 0 Å². The first-order chi connectivity index (χ1) is 7.60. The molecule has 0 bridgehead atoms. The molecular weight excluding hydrogens is 242 g/mol. The van der Waals surface area contributed by atoms with Crippen molar-refractivity contribution >= 4 is 24.2 Å². The van der Waals surface area contributed by atoms with Crippen molar-refractivity contribution in [3.05, 3.63) is 0 Å². The van der Waals surface area contributed by atoms with Crippen LogP contribution in [-0.2, 0) is 9.59 Å². The van der Waals surface area contributed by atoms with Crippen LogP contribution in [0.2, 0.25) is 0 Å². The molecule has 100 valence electrons. The summed E-state index contributed by atoms with van der Waals surface area (Å²) in [5, 5.41) is 3.05. The molecule has 0 saturated carbocycles. The Morgan fingerprint density at radius 2 is 1.76 bits per heavy atom. The molecule has 0 aromatic carbocycles. The van der Waals surface area contributed by atoms with E-state index in [9.17, 15) is 9.59 Å². The fraction of sp³-hybridized carbons (Fsp3) is 0.818. The van der Waals surface area contributed by atoms with Gasteiger partial charge in [-0.1, -0.05) is 0 Å². The molecule has 1 saturated heterocycles. The molecule has 0 radical (unpaired) electrons. The molecule has 17 heavy (non-hydrogen) atoms. The molecular formula is C11H22ClN3O2. The van der Waals surface area contributed by atoms with Gasteiger partial charge in [-0.15, -0.1) is 12.4 Å². The molecule has 0 aromatic heterocycles. The number of carbonyl (C=O) groups is 2. The minimum atomic E-state index is 0. The van der Waals surface area contributed by atoms with E-state index < -0.39 is 0 Å². The van der Waals surface area contributed by atoms with Gasteiger partial charge in [0, 0.05) is 33.2 Å². The van der Waals surface area contributed by atoms with E-state index in [2.05, 4.69) is 5.32 Å². The number of hydrogen-bond donors (Lipinski definition) is 1. The Morgan fingerprint density at radius 1 is 1.24 bits per heavy atom. The number of carbonyl (C=O) groups excluding carboxylic acids is 2. The summed E-state index contributed by atoms with van der Waals surface area (Å²) in [4.78, 5) is 26.8. The first-order valence-electron chi connectivity index (χ1n) is 5.83. The zero-order chi connectivity index (χ0) is 12.1. The van der Waals surface area contributed by atoms with Gasteiger partial charge in [-0.2, -0.15) is 0 Å². The Morgan fingerprint density at radius 3 is 2.12 bits per heavy atom. The van der Waals surface area contributed by atoms with Crippen molar-refractivity contribution in [3.63, 3.8) is 0 Å². The molecule has 1 N–H and O–H groups in total. The Hall–Kier alpha value is -0.810. The molecule has 2 amide bonds. The fourth-order valence-electron chi connectivity index (χ4n) is 1.73. The van der Waals surface area contributed by atoms with Crippen molar-refractivity contribution in [1.29, 1.82) is 0 Å². The third-order valence-electron chi connectivity index (χ3n) is 3.00. The summed E-state index contributed by atoms with van der Waals surface area (Å²) in [6.45, 7) is 6.95. The van der Waals surface area contributed by atoms with Gasteiger partial charge in [0.25, 0.3) is 0 Å². The molecule has 1 fully saturated rings. The lowest BCUT2D eigenvalue weighted by molar-refractivity contribution is -0.142. The molecule has 0 spiro atoms. The van der Waals surface area contributed by atoms with Crippen LogP contribution in [0.25, 0.3) is 0 Å². The molecule has 6 heteroatoms. The minimum absolute atomic E-state index is 0. The maximum atomic E-state index is 11.8. The summed E-state index contributed by atoms with van der Waals surface area (Å²) < 4.78 is 0. The van der Waals surface area contributed by atoms with Crippen LogP contribution in [0.1, 0.15) is 13.8 Å². The van der Waals surface area contributed by atoms with Crippen LogP contribution in [0.3, 0.4) is 0 Å². The van der Waals surface area contributed by atoms with Crippen molar-refractivity contribution in [2.24, 2.45) is 5.92 Å². The maximum Gasteiger partial charge on any atom is 0.242 e. The SMILES string of the molecule is CCN(CC)C(=O)CN(C)C(=O)C1CNC1.Cl. The Kier molecular flexibility index (Phi) is 7.15. The first kappa shape index (κ1) is 16.2. The van der Waals surface area contributed by atoms with Crippen LogP contribution in [0.4, 0.5) is 0 Å². The lowest BCUT2D eigenvalue weighted by Crippen LogP contribution is -2.52. The highest BCUT2D eigenvalue weighted by molar-refractivity contribution is 5.86. The minimum Gasteiger partial charge on any atom is -0.342 e. The highest BCUT2D eigenvalue weighted by Gasteiger charge is 2.28. The van der Waals surface area contributed by atoms with Gasteiger partial charge in [-0.05, 0) is 13.8 Å². The molecule has 0 aliphatic carbocycles. The van der Waals surface area contributed by atoms with E-state index in [1.807, 2.05) is 13.8 Å². The lowest BCUT2D eigenvalue weighted by Gasteiger charge is -2.31. The van der Waals surface area contributed by atoms with Crippen molar-refractivity contribution < 1.29 is 9.59 Å². The van der Waals surface area contributed by atoms with E-state index in [0.29, 0.717) is 13.1 Å². The van der Waals surface area contributed by atoms with Gasteiger partial charge in [0.05, 0.1) is 12.5 Å². The number of likely N-dealkylation sites (N-methyl/N-ethyl adjacent to an activating group) is 2. The number of rotatable bonds is 5. The van der Waals surface area contributed by atoms with Crippen LogP contribution in [-0.4, -0.2) is 61.4 Å². The summed E-state index contributed by atoms with van der Waals surface area (Å²) in [5.41, 5.74) is 0. The van der Waals surface area contributed by atoms with E-state index in [4.69, 9.17) is 0 Å². The quantitative estimate of drug-likeness (QED) is 0.757. The van der Waals surface area contributed by atoms with Crippen LogP contribution >= 0.6 is 12.4 Å². The molecule has 0 unspecified atom stereocenters. The lowest BCUT2D eigenvalue weighted by atomic mass is 10.0. The number of nitrogens with one attached hydrogen (secondary N) is 1.